The summed E-state index contributed by atoms with van der Waals surface area (Å²) in [6, 6.07) is 9.44. The number of carbonyl (C=O) groups excluding carboxylic acids is 2. The highest BCUT2D eigenvalue weighted by Gasteiger charge is 2.36. The minimum absolute atomic E-state index is 0.159. The van der Waals surface area contributed by atoms with Gasteiger partial charge in [-0.15, -0.1) is 0 Å². The Balaban J connectivity index is 2.54. The fourth-order valence-electron chi connectivity index (χ4n) is 3.05. The van der Waals surface area contributed by atoms with Crippen molar-refractivity contribution < 1.29 is 9.59 Å². The lowest BCUT2D eigenvalue weighted by molar-refractivity contribution is 0.0693. The average molecular weight is 275 g/mol. The van der Waals surface area contributed by atoms with E-state index in [0.29, 0.717) is 11.1 Å². The van der Waals surface area contributed by atoms with Crippen LogP contribution in [0.2, 0.25) is 18.1 Å². The van der Waals surface area contributed by atoms with Crippen molar-refractivity contribution in [3.8, 4) is 0 Å². The molecule has 0 atom stereocenters. The number of hydrogen-bond acceptors (Lipinski definition) is 2. The molecule has 1 aliphatic heterocycles. The Morgan fingerprint density at radius 1 is 0.947 bits per heavy atom. The second-order valence-corrected chi connectivity index (χ2v) is 10.5. The van der Waals surface area contributed by atoms with Gasteiger partial charge in [0.25, 0.3) is 11.8 Å². The molecular formula is C15H21NO2Si. The lowest BCUT2D eigenvalue weighted by Gasteiger charge is -2.28. The van der Waals surface area contributed by atoms with E-state index in [1.165, 1.54) is 28.2 Å². The third-order valence-electron chi connectivity index (χ3n) is 4.73. The highest BCUT2D eigenvalue weighted by molar-refractivity contribution is 6.91. The van der Waals surface area contributed by atoms with E-state index >= 15 is 0 Å². The fourth-order valence-corrected chi connectivity index (χ4v) is 6.67. The van der Waals surface area contributed by atoms with Crippen molar-refractivity contribution in [1.82, 2.24) is 4.90 Å². The molecule has 0 saturated carbocycles. The molecule has 2 rings (SSSR count). The van der Waals surface area contributed by atoms with Gasteiger partial charge in [0, 0.05) is 7.05 Å². The molecule has 0 fully saturated rings. The molecule has 102 valence electrons. The lowest BCUT2D eigenvalue weighted by atomic mass is 10.1. The lowest BCUT2D eigenvalue weighted by Crippen LogP contribution is -2.46. The Labute approximate surface area is 115 Å². The molecule has 4 heteroatoms. The maximum atomic E-state index is 12.1. The van der Waals surface area contributed by atoms with Crippen molar-refractivity contribution in [2.75, 3.05) is 7.05 Å². The minimum atomic E-state index is -1.49. The summed E-state index contributed by atoms with van der Waals surface area (Å²) in [5.74, 6) is -0.337. The van der Waals surface area contributed by atoms with Gasteiger partial charge in [-0.1, -0.05) is 50.2 Å². The van der Waals surface area contributed by atoms with Crippen LogP contribution < -0.4 is 5.19 Å². The van der Waals surface area contributed by atoms with E-state index in [9.17, 15) is 9.59 Å². The van der Waals surface area contributed by atoms with Gasteiger partial charge in [-0.2, -0.15) is 0 Å². The number of carbonyl (C=O) groups is 2. The van der Waals surface area contributed by atoms with Crippen molar-refractivity contribution in [3.05, 3.63) is 29.3 Å². The Bertz CT molecular complexity index is 527. The number of imide groups is 1. The van der Waals surface area contributed by atoms with Crippen LogP contribution in [0.25, 0.3) is 0 Å². The van der Waals surface area contributed by atoms with Crippen LogP contribution in [0.3, 0.4) is 0 Å². The van der Waals surface area contributed by atoms with Gasteiger partial charge >= 0.3 is 0 Å². The molecule has 0 unspecified atom stereocenters. The topological polar surface area (TPSA) is 37.4 Å². The summed E-state index contributed by atoms with van der Waals surface area (Å²) in [5, 5.41) is 1.32. The van der Waals surface area contributed by atoms with E-state index in [2.05, 4.69) is 26.8 Å². The molecule has 0 saturated heterocycles. The van der Waals surface area contributed by atoms with Gasteiger partial charge in [0.15, 0.2) is 0 Å². The van der Waals surface area contributed by atoms with Crippen LogP contribution in [0.4, 0.5) is 0 Å². The van der Waals surface area contributed by atoms with E-state index in [1.54, 1.807) is 7.05 Å². The number of amides is 2. The van der Waals surface area contributed by atoms with Crippen molar-refractivity contribution in [1.29, 1.82) is 0 Å². The highest BCUT2D eigenvalue weighted by Crippen LogP contribution is 2.25. The third-order valence-corrected chi connectivity index (χ3v) is 10.3. The zero-order valence-corrected chi connectivity index (χ0v) is 13.1. The first-order valence-corrected chi connectivity index (χ1v) is 9.59. The Morgan fingerprint density at radius 2 is 1.47 bits per heavy atom. The first-order valence-electron chi connectivity index (χ1n) is 6.97. The summed E-state index contributed by atoms with van der Waals surface area (Å²) < 4.78 is 0. The van der Waals surface area contributed by atoms with Crippen LogP contribution >= 0.6 is 0 Å². The molecule has 1 heterocycles. The number of fused-ring (bicyclic) bond motifs is 1. The summed E-state index contributed by atoms with van der Waals surface area (Å²) in [5.41, 5.74) is 1.15. The second-order valence-electron chi connectivity index (χ2n) is 5.27. The monoisotopic (exact) mass is 275 g/mol. The molecule has 0 aromatic heterocycles. The quantitative estimate of drug-likeness (QED) is 0.626. The van der Waals surface area contributed by atoms with Crippen LogP contribution in [-0.2, 0) is 0 Å². The average Bonchev–Trinajstić information content (AvgIpc) is 2.66. The number of hydrogen-bond donors (Lipinski definition) is 0. The van der Waals surface area contributed by atoms with E-state index in [0.717, 1.165) is 0 Å². The molecule has 0 bridgehead atoms. The van der Waals surface area contributed by atoms with Gasteiger partial charge in [-0.05, 0) is 12.1 Å². The van der Waals surface area contributed by atoms with Crippen molar-refractivity contribution in [3.63, 3.8) is 0 Å². The normalized spacial score (nSPS) is 15.1. The van der Waals surface area contributed by atoms with Crippen molar-refractivity contribution in [2.24, 2.45) is 0 Å². The molecule has 19 heavy (non-hydrogen) atoms. The maximum Gasteiger partial charge on any atom is 0.261 e. The fraction of sp³-hybridized carbons (Fsp3) is 0.467. The summed E-state index contributed by atoms with van der Waals surface area (Å²) in [6.45, 7) is 6.72. The predicted molar refractivity (Wildman–Crippen MR) is 79.7 cm³/mol. The van der Waals surface area contributed by atoms with E-state index in [-0.39, 0.29) is 11.8 Å². The van der Waals surface area contributed by atoms with E-state index in [4.69, 9.17) is 0 Å². The predicted octanol–water partition coefficient (Wildman–Crippen LogP) is 2.63. The van der Waals surface area contributed by atoms with Gasteiger partial charge in [0.2, 0.25) is 0 Å². The van der Waals surface area contributed by atoms with Gasteiger partial charge < -0.3 is 0 Å². The first-order chi connectivity index (χ1) is 9.00. The largest absolute Gasteiger partial charge is 0.277 e. The Hall–Kier alpha value is -1.42. The standard InChI is InChI=1S/C15H21NO2Si/c1-5-19(6-2,7-3)11-8-9-12-13(10-11)15(18)16(4)14(12)17/h8-10H,5-7H2,1-4H3. The van der Waals surface area contributed by atoms with E-state index < -0.39 is 8.07 Å². The molecule has 2 amide bonds. The summed E-state index contributed by atoms with van der Waals surface area (Å²) >= 11 is 0. The van der Waals surface area contributed by atoms with Crippen LogP contribution in [0, 0.1) is 0 Å². The second kappa shape index (κ2) is 4.93. The van der Waals surface area contributed by atoms with Crippen molar-refractivity contribution >= 4 is 25.1 Å². The molecule has 0 N–H and O–H groups in total. The minimum Gasteiger partial charge on any atom is -0.277 e. The van der Waals surface area contributed by atoms with Crippen LogP contribution in [0.5, 0.6) is 0 Å². The zero-order chi connectivity index (χ0) is 14.2. The Morgan fingerprint density at radius 3 is 2.00 bits per heavy atom. The summed E-state index contributed by atoms with van der Waals surface area (Å²) in [6.07, 6.45) is 0. The van der Waals surface area contributed by atoms with Gasteiger partial charge in [0.1, 0.15) is 0 Å². The molecule has 1 aromatic carbocycles. The summed E-state index contributed by atoms with van der Waals surface area (Å²) in [7, 11) is 0.0581. The SMILES string of the molecule is CC[Si](CC)(CC)c1ccc2c(c1)C(=O)N(C)C2=O. The molecule has 0 aliphatic carbocycles. The maximum absolute atomic E-state index is 12.1. The number of rotatable bonds is 4. The Kier molecular flexibility index (Phi) is 3.63. The molecular weight excluding hydrogens is 254 g/mol. The van der Waals surface area contributed by atoms with E-state index in [1.807, 2.05) is 12.1 Å². The van der Waals surface area contributed by atoms with Gasteiger partial charge in [0.05, 0.1) is 19.2 Å². The van der Waals surface area contributed by atoms with Crippen LogP contribution in [0.15, 0.2) is 18.2 Å². The first kappa shape index (κ1) is 14.0. The van der Waals surface area contributed by atoms with Crippen LogP contribution in [0.1, 0.15) is 41.5 Å². The van der Waals surface area contributed by atoms with Crippen LogP contribution in [-0.4, -0.2) is 31.8 Å². The molecule has 1 aliphatic rings. The third kappa shape index (κ3) is 1.94. The molecule has 3 nitrogen and oxygen atoms in total. The highest BCUT2D eigenvalue weighted by atomic mass is 28.3. The zero-order valence-electron chi connectivity index (χ0n) is 12.1. The van der Waals surface area contributed by atoms with Gasteiger partial charge in [-0.3, -0.25) is 14.5 Å². The smallest absolute Gasteiger partial charge is 0.261 e. The molecule has 0 radical (unpaired) electrons. The molecule has 1 aromatic rings. The number of nitrogens with zero attached hydrogens (tertiary/aromatic N) is 1. The van der Waals surface area contributed by atoms with Crippen molar-refractivity contribution in [2.45, 2.75) is 38.9 Å². The van der Waals surface area contributed by atoms with Gasteiger partial charge in [-0.25, -0.2) is 0 Å². The molecule has 0 spiro atoms. The summed E-state index contributed by atoms with van der Waals surface area (Å²) in [4.78, 5) is 25.2. The number of benzene rings is 1.